The predicted molar refractivity (Wildman–Crippen MR) is 107 cm³/mol. The molecule has 1 aromatic carbocycles. The van der Waals surface area contributed by atoms with E-state index >= 15 is 0 Å². The SMILES string of the molecule is CC(C)CC(=O)N(C)CC(=O)Nc1ccc(Cl)c(S(=O)(=O)N2CCOCC2)c1. The highest BCUT2D eigenvalue weighted by molar-refractivity contribution is 7.89. The van der Waals surface area contributed by atoms with Crippen molar-refractivity contribution in [3.8, 4) is 0 Å². The first-order valence-electron chi connectivity index (χ1n) is 9.02. The molecule has 1 N–H and O–H groups in total. The molecule has 0 atom stereocenters. The van der Waals surface area contributed by atoms with Gasteiger partial charge in [0.25, 0.3) is 0 Å². The van der Waals surface area contributed by atoms with Gasteiger partial charge in [0.2, 0.25) is 21.8 Å². The van der Waals surface area contributed by atoms with Crippen molar-refractivity contribution in [2.24, 2.45) is 5.92 Å². The van der Waals surface area contributed by atoms with Crippen LogP contribution in [0.5, 0.6) is 0 Å². The molecule has 1 aromatic rings. The molecule has 1 fully saturated rings. The summed E-state index contributed by atoms with van der Waals surface area (Å²) in [5.41, 5.74) is 0.297. The molecule has 0 bridgehead atoms. The van der Waals surface area contributed by atoms with Crippen LogP contribution in [0.2, 0.25) is 5.02 Å². The summed E-state index contributed by atoms with van der Waals surface area (Å²) in [7, 11) is -2.24. The molecule has 0 saturated carbocycles. The average molecular weight is 432 g/mol. The fourth-order valence-electron chi connectivity index (χ4n) is 2.71. The Hall–Kier alpha value is -1.68. The number of halogens is 1. The minimum absolute atomic E-state index is 0.0712. The summed E-state index contributed by atoms with van der Waals surface area (Å²) >= 11 is 6.11. The van der Waals surface area contributed by atoms with E-state index in [1.807, 2.05) is 13.8 Å². The molecule has 2 amide bonds. The predicted octanol–water partition coefficient (Wildman–Crippen LogP) is 1.80. The van der Waals surface area contributed by atoms with E-state index in [0.29, 0.717) is 25.3 Å². The number of sulfonamides is 1. The molecule has 1 aliphatic heterocycles. The number of rotatable bonds is 7. The fourth-order valence-corrected chi connectivity index (χ4v) is 4.62. The van der Waals surface area contributed by atoms with Gasteiger partial charge >= 0.3 is 0 Å². The number of carbonyl (C=O) groups is 2. The first kappa shape index (κ1) is 22.6. The van der Waals surface area contributed by atoms with Crippen LogP contribution in [-0.2, 0) is 24.3 Å². The monoisotopic (exact) mass is 431 g/mol. The summed E-state index contributed by atoms with van der Waals surface area (Å²) in [5.74, 6) is -0.351. The summed E-state index contributed by atoms with van der Waals surface area (Å²) in [4.78, 5) is 25.5. The van der Waals surface area contributed by atoms with Crippen molar-refractivity contribution in [1.82, 2.24) is 9.21 Å². The van der Waals surface area contributed by atoms with Crippen LogP contribution in [0.4, 0.5) is 5.69 Å². The lowest BCUT2D eigenvalue weighted by atomic mass is 10.1. The molecular weight excluding hydrogens is 406 g/mol. The fraction of sp³-hybridized carbons (Fsp3) is 0.556. The lowest BCUT2D eigenvalue weighted by Crippen LogP contribution is -2.40. The Labute approximate surface area is 170 Å². The third kappa shape index (κ3) is 5.91. The molecule has 0 unspecified atom stereocenters. The summed E-state index contributed by atoms with van der Waals surface area (Å²) in [6.45, 7) is 4.87. The second kappa shape index (κ2) is 9.69. The topological polar surface area (TPSA) is 96.0 Å². The van der Waals surface area contributed by atoms with Crippen LogP contribution in [0.25, 0.3) is 0 Å². The number of nitrogens with one attached hydrogen (secondary N) is 1. The molecule has 0 aliphatic carbocycles. The van der Waals surface area contributed by atoms with Crippen molar-refractivity contribution < 1.29 is 22.7 Å². The second-order valence-electron chi connectivity index (χ2n) is 7.06. The van der Waals surface area contributed by atoms with Gasteiger partial charge in [0.05, 0.1) is 24.8 Å². The minimum Gasteiger partial charge on any atom is -0.379 e. The van der Waals surface area contributed by atoms with Gasteiger partial charge in [0, 0.05) is 32.2 Å². The number of anilines is 1. The van der Waals surface area contributed by atoms with Crippen LogP contribution in [0.3, 0.4) is 0 Å². The number of ether oxygens (including phenoxy) is 1. The van der Waals surface area contributed by atoms with Crippen LogP contribution < -0.4 is 5.32 Å². The molecular formula is C18H26ClN3O5S. The van der Waals surface area contributed by atoms with Gasteiger partial charge in [-0.25, -0.2) is 8.42 Å². The highest BCUT2D eigenvalue weighted by Crippen LogP contribution is 2.28. The van der Waals surface area contributed by atoms with Crippen molar-refractivity contribution in [1.29, 1.82) is 0 Å². The van der Waals surface area contributed by atoms with Crippen molar-refractivity contribution in [3.05, 3.63) is 23.2 Å². The highest BCUT2D eigenvalue weighted by Gasteiger charge is 2.28. The van der Waals surface area contributed by atoms with E-state index in [0.717, 1.165) is 0 Å². The van der Waals surface area contributed by atoms with E-state index in [4.69, 9.17) is 16.3 Å². The molecule has 2 rings (SSSR count). The van der Waals surface area contributed by atoms with Crippen molar-refractivity contribution in [2.75, 3.05) is 45.2 Å². The maximum Gasteiger partial charge on any atom is 0.244 e. The smallest absolute Gasteiger partial charge is 0.244 e. The van der Waals surface area contributed by atoms with Crippen LogP contribution in [-0.4, -0.2) is 69.3 Å². The Morgan fingerprint density at radius 1 is 1.29 bits per heavy atom. The van der Waals surface area contributed by atoms with Crippen molar-refractivity contribution in [2.45, 2.75) is 25.2 Å². The van der Waals surface area contributed by atoms with Gasteiger partial charge in [-0.1, -0.05) is 25.4 Å². The Balaban J connectivity index is 2.10. The molecule has 8 nitrogen and oxygen atoms in total. The molecule has 0 aromatic heterocycles. The van der Waals surface area contributed by atoms with Crippen molar-refractivity contribution >= 4 is 39.1 Å². The third-order valence-electron chi connectivity index (χ3n) is 4.19. The first-order chi connectivity index (χ1) is 13.1. The molecule has 28 heavy (non-hydrogen) atoms. The maximum absolute atomic E-state index is 12.8. The Morgan fingerprint density at radius 2 is 1.93 bits per heavy atom. The van der Waals surface area contributed by atoms with Gasteiger partial charge in [0.1, 0.15) is 4.90 Å². The zero-order valence-corrected chi connectivity index (χ0v) is 17.8. The second-order valence-corrected chi connectivity index (χ2v) is 9.37. The van der Waals surface area contributed by atoms with E-state index < -0.39 is 15.9 Å². The number of carbonyl (C=O) groups excluding carboxylic acids is 2. The maximum atomic E-state index is 12.8. The van der Waals surface area contributed by atoms with Gasteiger partial charge in [-0.3, -0.25) is 9.59 Å². The summed E-state index contributed by atoms with van der Waals surface area (Å²) in [6.07, 6.45) is 0.354. The van der Waals surface area contributed by atoms with Crippen LogP contribution >= 0.6 is 11.6 Å². The van der Waals surface area contributed by atoms with Gasteiger partial charge in [-0.05, 0) is 24.1 Å². The highest BCUT2D eigenvalue weighted by atomic mass is 35.5. The molecule has 10 heteroatoms. The Kier molecular flexibility index (Phi) is 7.82. The lowest BCUT2D eigenvalue weighted by Gasteiger charge is -2.26. The van der Waals surface area contributed by atoms with E-state index in [2.05, 4.69) is 5.32 Å². The Morgan fingerprint density at radius 3 is 2.54 bits per heavy atom. The van der Waals surface area contributed by atoms with Gasteiger partial charge in [0.15, 0.2) is 0 Å². The lowest BCUT2D eigenvalue weighted by molar-refractivity contribution is -0.133. The van der Waals surface area contributed by atoms with Gasteiger partial charge < -0.3 is 15.0 Å². The molecule has 1 heterocycles. The summed E-state index contributed by atoms with van der Waals surface area (Å²) in [6, 6.07) is 4.29. The van der Waals surface area contributed by atoms with E-state index in [1.54, 1.807) is 7.05 Å². The first-order valence-corrected chi connectivity index (χ1v) is 10.8. The number of nitrogens with zero attached hydrogens (tertiary/aromatic N) is 2. The van der Waals surface area contributed by atoms with Gasteiger partial charge in [-0.15, -0.1) is 0 Å². The zero-order valence-electron chi connectivity index (χ0n) is 16.3. The number of morpholine rings is 1. The molecule has 156 valence electrons. The number of hydrogen-bond donors (Lipinski definition) is 1. The normalized spacial score (nSPS) is 15.5. The largest absolute Gasteiger partial charge is 0.379 e. The average Bonchev–Trinajstić information content (AvgIpc) is 2.63. The minimum atomic E-state index is -3.80. The Bertz CT molecular complexity index is 823. The molecule has 1 saturated heterocycles. The number of hydrogen-bond acceptors (Lipinski definition) is 5. The standard InChI is InChI=1S/C18H26ClN3O5S/c1-13(2)10-18(24)21(3)12-17(23)20-14-4-5-15(19)16(11-14)28(25,26)22-6-8-27-9-7-22/h4-5,11,13H,6-10,12H2,1-3H3,(H,20,23). The molecule has 0 spiro atoms. The molecule has 1 aliphatic rings. The van der Waals surface area contributed by atoms with Gasteiger partial charge in [-0.2, -0.15) is 4.31 Å². The molecule has 0 radical (unpaired) electrons. The zero-order chi connectivity index (χ0) is 20.9. The van der Waals surface area contributed by atoms with E-state index in [-0.39, 0.29) is 41.4 Å². The van der Waals surface area contributed by atoms with Crippen LogP contribution in [0, 0.1) is 5.92 Å². The summed E-state index contributed by atoms with van der Waals surface area (Å²) in [5, 5.41) is 2.70. The number of likely N-dealkylation sites (N-methyl/N-ethyl adjacent to an activating group) is 1. The summed E-state index contributed by atoms with van der Waals surface area (Å²) < 4.78 is 32.2. The van der Waals surface area contributed by atoms with E-state index in [9.17, 15) is 18.0 Å². The third-order valence-corrected chi connectivity index (χ3v) is 6.57. The quantitative estimate of drug-likeness (QED) is 0.710. The number of amides is 2. The van der Waals surface area contributed by atoms with Crippen LogP contribution in [0.1, 0.15) is 20.3 Å². The number of benzene rings is 1. The van der Waals surface area contributed by atoms with E-state index in [1.165, 1.54) is 27.4 Å². The van der Waals surface area contributed by atoms with Crippen molar-refractivity contribution in [3.63, 3.8) is 0 Å². The van der Waals surface area contributed by atoms with Crippen LogP contribution in [0.15, 0.2) is 23.1 Å².